The fourth-order valence-corrected chi connectivity index (χ4v) is 1.75. The van der Waals surface area contributed by atoms with Gasteiger partial charge < -0.3 is 10.5 Å². The molecular formula is C13H7F5N2O2. The van der Waals surface area contributed by atoms with Crippen molar-refractivity contribution in [3.63, 3.8) is 0 Å². The zero-order valence-corrected chi connectivity index (χ0v) is 10.9. The summed E-state index contributed by atoms with van der Waals surface area (Å²) in [4.78, 5) is 14.8. The monoisotopic (exact) mass is 318 g/mol. The highest BCUT2D eigenvalue weighted by Gasteiger charge is 2.28. The van der Waals surface area contributed by atoms with Gasteiger partial charge >= 0.3 is 5.97 Å². The van der Waals surface area contributed by atoms with Gasteiger partial charge in [-0.1, -0.05) is 0 Å². The minimum absolute atomic E-state index is 0.285. The van der Waals surface area contributed by atoms with Crippen molar-refractivity contribution < 1.29 is 31.5 Å². The molecule has 0 aliphatic heterocycles. The summed E-state index contributed by atoms with van der Waals surface area (Å²) >= 11 is 0. The molecule has 9 heteroatoms. The van der Waals surface area contributed by atoms with Gasteiger partial charge in [0.1, 0.15) is 5.82 Å². The highest BCUT2D eigenvalue weighted by Crippen LogP contribution is 2.34. The molecule has 2 N–H and O–H groups in total. The van der Waals surface area contributed by atoms with E-state index in [1.807, 2.05) is 0 Å². The molecule has 0 fully saturated rings. The first kappa shape index (κ1) is 15.7. The Hall–Kier alpha value is -2.71. The molecule has 1 aromatic heterocycles. The van der Waals surface area contributed by atoms with Crippen molar-refractivity contribution in [2.75, 3.05) is 12.8 Å². The van der Waals surface area contributed by atoms with E-state index in [0.29, 0.717) is 0 Å². The fraction of sp³-hybridized carbons (Fsp3) is 0.0769. The van der Waals surface area contributed by atoms with Gasteiger partial charge in [-0.2, -0.15) is 0 Å². The Morgan fingerprint density at radius 1 is 1.00 bits per heavy atom. The highest BCUT2D eigenvalue weighted by atomic mass is 19.2. The summed E-state index contributed by atoms with van der Waals surface area (Å²) in [7, 11) is 1.07. The maximum atomic E-state index is 13.7. The van der Waals surface area contributed by atoms with Gasteiger partial charge in [-0.25, -0.2) is 31.7 Å². The minimum atomic E-state index is -2.28. The molecule has 0 spiro atoms. The summed E-state index contributed by atoms with van der Waals surface area (Å²) in [6, 6.07) is 1.89. The second-order valence-corrected chi connectivity index (χ2v) is 4.07. The van der Waals surface area contributed by atoms with Gasteiger partial charge in [-0.3, -0.25) is 0 Å². The number of methoxy groups -OCH3 is 1. The maximum absolute atomic E-state index is 13.7. The lowest BCUT2D eigenvalue weighted by atomic mass is 10.0. The third kappa shape index (κ3) is 2.34. The first-order chi connectivity index (χ1) is 10.3. The zero-order chi connectivity index (χ0) is 16.6. The van der Waals surface area contributed by atoms with Crippen molar-refractivity contribution in [1.82, 2.24) is 4.98 Å². The SMILES string of the molecule is COC(=O)c1ccc(-c2c(F)c(F)c(F)c(F)c2F)c(N)n1. The van der Waals surface area contributed by atoms with Gasteiger partial charge in [0.15, 0.2) is 29.0 Å². The van der Waals surface area contributed by atoms with Crippen LogP contribution in [0.1, 0.15) is 10.5 Å². The summed E-state index contributed by atoms with van der Waals surface area (Å²) < 4.78 is 71.1. The van der Waals surface area contributed by atoms with Crippen molar-refractivity contribution in [2.45, 2.75) is 0 Å². The van der Waals surface area contributed by atoms with Gasteiger partial charge in [0.2, 0.25) is 5.82 Å². The fourth-order valence-electron chi connectivity index (χ4n) is 1.75. The number of carbonyl (C=O) groups excluding carboxylic acids is 1. The van der Waals surface area contributed by atoms with Gasteiger partial charge in [0.05, 0.1) is 12.7 Å². The molecule has 0 unspecified atom stereocenters. The van der Waals surface area contributed by atoms with Crippen LogP contribution in [0.3, 0.4) is 0 Å². The van der Waals surface area contributed by atoms with E-state index in [1.54, 1.807) is 0 Å². The average molecular weight is 318 g/mol. The first-order valence-electron chi connectivity index (χ1n) is 5.66. The Morgan fingerprint density at radius 2 is 1.50 bits per heavy atom. The third-order valence-corrected chi connectivity index (χ3v) is 2.80. The number of aromatic nitrogens is 1. The van der Waals surface area contributed by atoms with E-state index in [2.05, 4.69) is 9.72 Å². The lowest BCUT2D eigenvalue weighted by Gasteiger charge is -2.10. The number of carbonyl (C=O) groups is 1. The third-order valence-electron chi connectivity index (χ3n) is 2.80. The summed E-state index contributed by atoms with van der Waals surface area (Å²) in [5.74, 6) is -12.1. The van der Waals surface area contributed by atoms with E-state index in [4.69, 9.17) is 5.73 Å². The van der Waals surface area contributed by atoms with Crippen LogP contribution in [0.4, 0.5) is 27.8 Å². The van der Waals surface area contributed by atoms with Crippen molar-refractivity contribution in [3.05, 3.63) is 46.9 Å². The molecule has 0 bridgehead atoms. The molecule has 2 rings (SSSR count). The second-order valence-electron chi connectivity index (χ2n) is 4.07. The van der Waals surface area contributed by atoms with E-state index >= 15 is 0 Å². The van der Waals surface area contributed by atoms with Crippen LogP contribution in [-0.4, -0.2) is 18.1 Å². The molecular weight excluding hydrogens is 311 g/mol. The van der Waals surface area contributed by atoms with Gasteiger partial charge in [-0.15, -0.1) is 0 Å². The van der Waals surface area contributed by atoms with E-state index in [-0.39, 0.29) is 5.69 Å². The molecule has 4 nitrogen and oxygen atoms in total. The van der Waals surface area contributed by atoms with Crippen LogP contribution in [-0.2, 0) is 4.74 Å². The zero-order valence-electron chi connectivity index (χ0n) is 10.9. The van der Waals surface area contributed by atoms with E-state index < -0.39 is 52.0 Å². The molecule has 1 heterocycles. The molecule has 0 saturated heterocycles. The quantitative estimate of drug-likeness (QED) is 0.400. The van der Waals surface area contributed by atoms with Crippen molar-refractivity contribution in [1.29, 1.82) is 0 Å². The largest absolute Gasteiger partial charge is 0.464 e. The maximum Gasteiger partial charge on any atom is 0.356 e. The summed E-state index contributed by atoms with van der Waals surface area (Å²) in [6.45, 7) is 0. The summed E-state index contributed by atoms with van der Waals surface area (Å²) in [6.07, 6.45) is 0. The number of pyridine rings is 1. The number of nitrogens with two attached hydrogens (primary N) is 1. The normalized spacial score (nSPS) is 10.6. The van der Waals surface area contributed by atoms with E-state index in [9.17, 15) is 26.7 Å². The molecule has 1 aromatic carbocycles. The number of esters is 1. The van der Waals surface area contributed by atoms with Crippen LogP contribution in [0.5, 0.6) is 0 Å². The molecule has 0 aliphatic carbocycles. The number of anilines is 1. The molecule has 2 aromatic rings. The predicted molar refractivity (Wildman–Crippen MR) is 65.2 cm³/mol. The predicted octanol–water partition coefficient (Wildman–Crippen LogP) is 2.81. The Morgan fingerprint density at radius 3 is 1.95 bits per heavy atom. The van der Waals surface area contributed by atoms with Crippen molar-refractivity contribution >= 4 is 11.8 Å². The Labute approximate surface area is 120 Å². The van der Waals surface area contributed by atoms with E-state index in [0.717, 1.165) is 19.2 Å². The number of benzene rings is 1. The van der Waals surface area contributed by atoms with Crippen molar-refractivity contribution in [2.24, 2.45) is 0 Å². The smallest absolute Gasteiger partial charge is 0.356 e. The van der Waals surface area contributed by atoms with Gasteiger partial charge in [0, 0.05) is 5.56 Å². The number of halogens is 5. The molecule has 0 amide bonds. The van der Waals surface area contributed by atoms with Crippen LogP contribution in [0, 0.1) is 29.1 Å². The number of ether oxygens (including phenoxy) is 1. The lowest BCUT2D eigenvalue weighted by molar-refractivity contribution is 0.0594. The molecule has 116 valence electrons. The van der Waals surface area contributed by atoms with Gasteiger partial charge in [-0.05, 0) is 12.1 Å². The highest BCUT2D eigenvalue weighted by molar-refractivity contribution is 5.89. The number of hydrogen-bond acceptors (Lipinski definition) is 4. The van der Waals surface area contributed by atoms with Crippen LogP contribution < -0.4 is 5.73 Å². The lowest BCUT2D eigenvalue weighted by Crippen LogP contribution is -2.09. The first-order valence-corrected chi connectivity index (χ1v) is 5.66. The van der Waals surface area contributed by atoms with Gasteiger partial charge in [0.25, 0.3) is 0 Å². The van der Waals surface area contributed by atoms with Crippen LogP contribution in [0.2, 0.25) is 0 Å². The number of hydrogen-bond donors (Lipinski definition) is 1. The summed E-state index contributed by atoms with van der Waals surface area (Å²) in [5, 5.41) is 0. The molecule has 0 radical (unpaired) electrons. The number of nitrogen functional groups attached to an aromatic ring is 1. The van der Waals surface area contributed by atoms with Crippen LogP contribution in [0.15, 0.2) is 12.1 Å². The Balaban J connectivity index is 2.70. The number of nitrogens with zero attached hydrogens (tertiary/aromatic N) is 1. The average Bonchev–Trinajstić information content (AvgIpc) is 2.51. The topological polar surface area (TPSA) is 65.2 Å². The van der Waals surface area contributed by atoms with E-state index in [1.165, 1.54) is 0 Å². The standard InChI is InChI=1S/C13H7F5N2O2/c1-22-13(21)5-3-2-4(12(19)20-5)6-7(14)9(16)11(18)10(17)8(6)15/h2-3H,1H3,(H2,19,20). The Bertz CT molecular complexity index is 751. The van der Waals surface area contributed by atoms with Crippen LogP contribution >= 0.6 is 0 Å². The second kappa shape index (κ2) is 5.58. The summed E-state index contributed by atoms with van der Waals surface area (Å²) in [5.41, 5.74) is 3.38. The molecule has 22 heavy (non-hydrogen) atoms. The number of rotatable bonds is 2. The molecule has 0 atom stereocenters. The van der Waals surface area contributed by atoms with Crippen molar-refractivity contribution in [3.8, 4) is 11.1 Å². The molecule has 0 saturated carbocycles. The minimum Gasteiger partial charge on any atom is -0.464 e. The Kier molecular flexibility index (Phi) is 3.98. The van der Waals surface area contributed by atoms with Crippen LogP contribution in [0.25, 0.3) is 11.1 Å². The molecule has 0 aliphatic rings.